The zero-order valence-corrected chi connectivity index (χ0v) is 11.0. The van der Waals surface area contributed by atoms with Crippen molar-refractivity contribution in [1.82, 2.24) is 19.9 Å². The lowest BCUT2D eigenvalue weighted by Crippen LogP contribution is -2.34. The van der Waals surface area contributed by atoms with Gasteiger partial charge in [0.2, 0.25) is 0 Å². The first kappa shape index (κ1) is 14.1. The van der Waals surface area contributed by atoms with Crippen LogP contribution in [0.2, 0.25) is 0 Å². The Kier molecular flexibility index (Phi) is 6.10. The molecule has 1 aromatic rings. The predicted molar refractivity (Wildman–Crippen MR) is 66.4 cm³/mol. The number of nitrogens with zero attached hydrogens (tertiary/aromatic N) is 4. The molecule has 1 aromatic heterocycles. The second-order valence-corrected chi connectivity index (χ2v) is 4.35. The fourth-order valence-corrected chi connectivity index (χ4v) is 1.56. The van der Waals surface area contributed by atoms with Crippen LogP contribution in [-0.2, 0) is 18.3 Å². The van der Waals surface area contributed by atoms with E-state index in [1.807, 2.05) is 13.2 Å². The van der Waals surface area contributed by atoms with Crippen molar-refractivity contribution >= 4 is 0 Å². The van der Waals surface area contributed by atoms with Crippen LogP contribution in [0.25, 0.3) is 0 Å². The van der Waals surface area contributed by atoms with Gasteiger partial charge in [0.25, 0.3) is 0 Å². The Balaban J connectivity index is 2.38. The summed E-state index contributed by atoms with van der Waals surface area (Å²) in [6.45, 7) is 7.92. The third kappa shape index (κ3) is 5.25. The quantitative estimate of drug-likeness (QED) is 0.649. The highest BCUT2D eigenvalue weighted by molar-refractivity contribution is 4.92. The number of aromatic nitrogens is 3. The van der Waals surface area contributed by atoms with Gasteiger partial charge in [-0.3, -0.25) is 9.58 Å². The summed E-state index contributed by atoms with van der Waals surface area (Å²) in [5.41, 5.74) is 6.36. The van der Waals surface area contributed by atoms with Crippen molar-refractivity contribution in [2.24, 2.45) is 12.8 Å². The Morgan fingerprint density at radius 1 is 1.47 bits per heavy atom. The molecule has 0 saturated heterocycles. The van der Waals surface area contributed by atoms with Crippen molar-refractivity contribution in [1.29, 1.82) is 0 Å². The zero-order valence-electron chi connectivity index (χ0n) is 11.0. The van der Waals surface area contributed by atoms with Gasteiger partial charge < -0.3 is 10.5 Å². The summed E-state index contributed by atoms with van der Waals surface area (Å²) in [4.78, 5) is 2.31. The van der Waals surface area contributed by atoms with Crippen LogP contribution in [0.4, 0.5) is 0 Å². The lowest BCUT2D eigenvalue weighted by Gasteiger charge is -2.25. The fourth-order valence-electron chi connectivity index (χ4n) is 1.56. The maximum absolute atomic E-state index is 5.40. The summed E-state index contributed by atoms with van der Waals surface area (Å²) in [5.74, 6) is 0. The molecule has 0 aliphatic carbocycles. The number of hydrogen-bond acceptors (Lipinski definition) is 5. The average molecular weight is 241 g/mol. The van der Waals surface area contributed by atoms with Crippen LogP contribution in [0, 0.1) is 0 Å². The number of hydrogen-bond donors (Lipinski definition) is 1. The topological polar surface area (TPSA) is 69.2 Å². The molecular weight excluding hydrogens is 218 g/mol. The van der Waals surface area contributed by atoms with Crippen molar-refractivity contribution in [3.63, 3.8) is 0 Å². The average Bonchev–Trinajstić information content (AvgIpc) is 2.68. The Labute approximate surface area is 103 Å². The first-order valence-corrected chi connectivity index (χ1v) is 6.00. The molecule has 2 N–H and O–H groups in total. The molecule has 6 nitrogen and oxygen atoms in total. The molecule has 0 unspecified atom stereocenters. The normalized spacial score (nSPS) is 11.6. The molecule has 6 heteroatoms. The van der Waals surface area contributed by atoms with Crippen LogP contribution in [0.3, 0.4) is 0 Å². The molecular formula is C11H23N5O. The van der Waals surface area contributed by atoms with Crippen LogP contribution in [0.5, 0.6) is 0 Å². The summed E-state index contributed by atoms with van der Waals surface area (Å²) < 4.78 is 7.12. The van der Waals surface area contributed by atoms with Crippen molar-refractivity contribution < 1.29 is 4.74 Å². The van der Waals surface area contributed by atoms with Crippen LogP contribution in [-0.4, -0.2) is 52.2 Å². The minimum absolute atomic E-state index is 0.457. The lowest BCUT2D eigenvalue weighted by atomic mass is 10.3. The molecule has 0 aliphatic rings. The fraction of sp³-hybridized carbons (Fsp3) is 0.818. The molecule has 0 fully saturated rings. The molecule has 98 valence electrons. The van der Waals surface area contributed by atoms with Crippen LogP contribution in [0.15, 0.2) is 6.20 Å². The molecule has 0 spiro atoms. The van der Waals surface area contributed by atoms with E-state index < -0.39 is 0 Å². The van der Waals surface area contributed by atoms with Crippen molar-refractivity contribution in [2.45, 2.75) is 26.4 Å². The van der Waals surface area contributed by atoms with E-state index in [-0.39, 0.29) is 0 Å². The standard InChI is InChI=1S/C11H23N5O/c1-10(2)16(5-7-17-6-4-12)9-11-8-15(3)14-13-11/h8,10H,4-7,9,12H2,1-3H3. The van der Waals surface area contributed by atoms with E-state index in [1.165, 1.54) is 0 Å². The summed E-state index contributed by atoms with van der Waals surface area (Å²) in [6.07, 6.45) is 1.94. The van der Waals surface area contributed by atoms with Crippen molar-refractivity contribution in [2.75, 3.05) is 26.3 Å². The Bertz CT molecular complexity index is 313. The zero-order chi connectivity index (χ0) is 12.7. The maximum atomic E-state index is 5.40. The number of ether oxygens (including phenoxy) is 1. The van der Waals surface area contributed by atoms with Gasteiger partial charge in [0.15, 0.2) is 0 Å². The third-order valence-electron chi connectivity index (χ3n) is 2.53. The molecule has 1 rings (SSSR count). The van der Waals surface area contributed by atoms with Gasteiger partial charge in [-0.05, 0) is 13.8 Å². The van der Waals surface area contributed by atoms with Gasteiger partial charge >= 0.3 is 0 Å². The molecule has 1 heterocycles. The minimum atomic E-state index is 0.457. The maximum Gasteiger partial charge on any atom is 0.0967 e. The SMILES string of the molecule is CC(C)N(CCOCCN)Cc1cn(C)nn1. The van der Waals surface area contributed by atoms with Gasteiger partial charge in [0.05, 0.1) is 18.9 Å². The van der Waals surface area contributed by atoms with Gasteiger partial charge in [-0.25, -0.2) is 0 Å². The molecule has 0 atom stereocenters. The van der Waals surface area contributed by atoms with Gasteiger partial charge in [-0.2, -0.15) is 0 Å². The second kappa shape index (κ2) is 7.37. The highest BCUT2D eigenvalue weighted by atomic mass is 16.5. The Morgan fingerprint density at radius 2 is 2.24 bits per heavy atom. The molecule has 0 bridgehead atoms. The van der Waals surface area contributed by atoms with Gasteiger partial charge in [0.1, 0.15) is 0 Å². The van der Waals surface area contributed by atoms with Gasteiger partial charge in [-0.1, -0.05) is 5.21 Å². The van der Waals surface area contributed by atoms with Crippen LogP contribution >= 0.6 is 0 Å². The summed E-state index contributed by atoms with van der Waals surface area (Å²) in [5, 5.41) is 8.02. The summed E-state index contributed by atoms with van der Waals surface area (Å²) >= 11 is 0. The van der Waals surface area contributed by atoms with Crippen molar-refractivity contribution in [3.05, 3.63) is 11.9 Å². The minimum Gasteiger partial charge on any atom is -0.379 e. The molecule has 0 aliphatic heterocycles. The predicted octanol–water partition coefficient (Wildman–Crippen LogP) is 0.000800. The van der Waals surface area contributed by atoms with Crippen molar-refractivity contribution in [3.8, 4) is 0 Å². The molecule has 17 heavy (non-hydrogen) atoms. The van der Waals surface area contributed by atoms with E-state index in [0.29, 0.717) is 25.8 Å². The van der Waals surface area contributed by atoms with Crippen LogP contribution in [0.1, 0.15) is 19.5 Å². The van der Waals surface area contributed by atoms with E-state index in [9.17, 15) is 0 Å². The van der Waals surface area contributed by atoms with E-state index in [1.54, 1.807) is 4.68 Å². The first-order chi connectivity index (χ1) is 8.13. The number of rotatable bonds is 8. The smallest absolute Gasteiger partial charge is 0.0967 e. The van der Waals surface area contributed by atoms with E-state index in [2.05, 4.69) is 29.1 Å². The second-order valence-electron chi connectivity index (χ2n) is 4.35. The highest BCUT2D eigenvalue weighted by Gasteiger charge is 2.11. The third-order valence-corrected chi connectivity index (χ3v) is 2.53. The first-order valence-electron chi connectivity index (χ1n) is 6.00. The number of nitrogens with two attached hydrogens (primary N) is 1. The lowest BCUT2D eigenvalue weighted by molar-refractivity contribution is 0.0933. The van der Waals surface area contributed by atoms with E-state index in [4.69, 9.17) is 10.5 Å². The molecule has 0 amide bonds. The Hall–Kier alpha value is -0.980. The largest absolute Gasteiger partial charge is 0.379 e. The van der Waals surface area contributed by atoms with Crippen LogP contribution < -0.4 is 5.73 Å². The van der Waals surface area contributed by atoms with E-state index >= 15 is 0 Å². The van der Waals surface area contributed by atoms with Gasteiger partial charge in [0, 0.05) is 38.9 Å². The summed E-state index contributed by atoms with van der Waals surface area (Å²) in [7, 11) is 1.88. The molecule has 0 radical (unpaired) electrons. The molecule has 0 saturated carbocycles. The summed E-state index contributed by atoms with van der Waals surface area (Å²) in [6, 6.07) is 0.457. The highest BCUT2D eigenvalue weighted by Crippen LogP contribution is 2.04. The molecule has 0 aromatic carbocycles. The van der Waals surface area contributed by atoms with Gasteiger partial charge in [-0.15, -0.1) is 5.10 Å². The number of aryl methyl sites for hydroxylation is 1. The monoisotopic (exact) mass is 241 g/mol. The Morgan fingerprint density at radius 3 is 2.76 bits per heavy atom. The van der Waals surface area contributed by atoms with E-state index in [0.717, 1.165) is 18.8 Å².